The fraction of sp³-hybridized carbons (Fsp3) is 0.481. The first-order chi connectivity index (χ1) is 36.2. The van der Waals surface area contributed by atoms with Crippen LogP contribution in [-0.4, -0.2) is 101 Å². The number of nitrogens with two attached hydrogens (primary N) is 1. The van der Waals surface area contributed by atoms with Gasteiger partial charge in [-0.25, -0.2) is 29.1 Å². The van der Waals surface area contributed by atoms with Crippen LogP contribution in [-0.2, 0) is 43.9 Å². The zero-order valence-corrected chi connectivity index (χ0v) is 46.9. The van der Waals surface area contributed by atoms with Gasteiger partial charge in [0, 0.05) is 21.9 Å². The number of aromatic nitrogens is 2. The van der Waals surface area contributed by atoms with Crippen molar-refractivity contribution in [1.82, 2.24) is 31.2 Å². The van der Waals surface area contributed by atoms with Crippen LogP contribution in [0.3, 0.4) is 0 Å². The Morgan fingerprint density at radius 1 is 0.714 bits per heavy atom. The standard InChI is InChI=1S/C54H68ClN9O12S/c1-13-29(3)42(62-51(69)75-53(7,8)9)45(65)59-31(5)49(67)73-27-38(74-50(68)32(6)60-46(66)43(30(4)14-2)63-52(70)76-54(10,11)12)26-71-37-21-17-33(18-22-37)41-39(23-56)44(58)64-48(40(41)24-57)77-28-36-25-72-47(61-36)34-15-19-35(55)20-16-34/h15-22,25,29-32,38,42-43H,13-14,26-28H2,1-12H3,(H2,58,64)(H,59,65)(H,60,66)(H,62,69)(H,63,70). The number of thioether (sulfide) groups is 1. The smallest absolute Gasteiger partial charge is 0.408 e. The van der Waals surface area contributed by atoms with Gasteiger partial charge in [0.1, 0.15) is 89.1 Å². The van der Waals surface area contributed by atoms with Crippen molar-refractivity contribution in [1.29, 1.82) is 10.5 Å². The van der Waals surface area contributed by atoms with Crippen molar-refractivity contribution in [2.75, 3.05) is 18.9 Å². The molecule has 0 aliphatic heterocycles. The second kappa shape index (κ2) is 28.0. The highest BCUT2D eigenvalue weighted by Crippen LogP contribution is 2.37. The van der Waals surface area contributed by atoms with E-state index in [1.165, 1.54) is 44.0 Å². The van der Waals surface area contributed by atoms with Gasteiger partial charge in [0.2, 0.25) is 17.7 Å². The summed E-state index contributed by atoms with van der Waals surface area (Å²) in [6.45, 7) is 19.0. The number of halogens is 1. The minimum Gasteiger partial charge on any atom is -0.490 e. The number of carbonyl (C=O) groups is 6. The van der Waals surface area contributed by atoms with Crippen molar-refractivity contribution in [2.24, 2.45) is 11.8 Å². The fourth-order valence-electron chi connectivity index (χ4n) is 7.02. The highest BCUT2D eigenvalue weighted by atomic mass is 35.5. The summed E-state index contributed by atoms with van der Waals surface area (Å²) < 4.78 is 33.7. The zero-order chi connectivity index (χ0) is 57.4. The molecule has 0 aliphatic carbocycles. The molecule has 0 fully saturated rings. The highest BCUT2D eigenvalue weighted by Gasteiger charge is 2.34. The van der Waals surface area contributed by atoms with Crippen LogP contribution >= 0.6 is 23.4 Å². The monoisotopic (exact) mass is 1100 g/mol. The molecule has 4 amide bonds. The van der Waals surface area contributed by atoms with Crippen LogP contribution in [0.4, 0.5) is 15.4 Å². The van der Waals surface area contributed by atoms with Gasteiger partial charge >= 0.3 is 24.1 Å². The van der Waals surface area contributed by atoms with E-state index in [1.807, 2.05) is 13.8 Å². The number of alkyl carbamates (subject to hydrolysis) is 2. The molecule has 2 aromatic heterocycles. The van der Waals surface area contributed by atoms with E-state index in [0.29, 0.717) is 40.6 Å². The van der Waals surface area contributed by atoms with Gasteiger partial charge in [-0.05, 0) is 109 Å². The molecule has 21 nitrogen and oxygen atoms in total. The van der Waals surface area contributed by atoms with E-state index in [4.69, 9.17) is 45.4 Å². The van der Waals surface area contributed by atoms with Gasteiger partial charge in [0.15, 0.2) is 6.10 Å². The van der Waals surface area contributed by atoms with Crippen molar-refractivity contribution in [3.05, 3.63) is 76.6 Å². The molecule has 4 aromatic rings. The lowest BCUT2D eigenvalue weighted by Gasteiger charge is -2.28. The quantitative estimate of drug-likeness (QED) is 0.0264. The number of carbonyl (C=O) groups excluding carboxylic acids is 6. The molecule has 2 aromatic carbocycles. The number of anilines is 1. The van der Waals surface area contributed by atoms with Crippen LogP contribution < -0.4 is 31.7 Å². The molecular weight excluding hydrogens is 1030 g/mol. The normalized spacial score (nSPS) is 14.1. The van der Waals surface area contributed by atoms with Crippen LogP contribution in [0.2, 0.25) is 5.02 Å². The molecule has 0 radical (unpaired) electrons. The van der Waals surface area contributed by atoms with Crippen molar-refractivity contribution < 1.29 is 56.9 Å². The van der Waals surface area contributed by atoms with E-state index in [0.717, 1.165) is 0 Å². The van der Waals surface area contributed by atoms with Gasteiger partial charge in [0.05, 0.1) is 11.3 Å². The summed E-state index contributed by atoms with van der Waals surface area (Å²) in [7, 11) is 0. The van der Waals surface area contributed by atoms with E-state index >= 15 is 0 Å². The molecule has 414 valence electrons. The Balaban J connectivity index is 1.55. The molecule has 6 N–H and O–H groups in total. The van der Waals surface area contributed by atoms with Gasteiger partial charge < -0.3 is 55.1 Å². The Labute approximate surface area is 458 Å². The number of oxazole rings is 1. The number of pyridine rings is 1. The van der Waals surface area contributed by atoms with Crippen LogP contribution in [0.15, 0.2) is 64.2 Å². The Hall–Kier alpha value is -7.56. The maximum absolute atomic E-state index is 13.7. The van der Waals surface area contributed by atoms with Crippen molar-refractivity contribution in [2.45, 2.75) is 148 Å². The molecule has 7 unspecified atom stereocenters. The van der Waals surface area contributed by atoms with Gasteiger partial charge in [-0.3, -0.25) is 9.59 Å². The van der Waals surface area contributed by atoms with Crippen molar-refractivity contribution >= 4 is 65.1 Å². The topological polar surface area (TPSA) is 309 Å². The molecule has 0 aliphatic rings. The number of nitriles is 2. The molecule has 0 saturated carbocycles. The molecule has 0 spiro atoms. The zero-order valence-electron chi connectivity index (χ0n) is 45.3. The molecule has 77 heavy (non-hydrogen) atoms. The highest BCUT2D eigenvalue weighted by molar-refractivity contribution is 7.98. The van der Waals surface area contributed by atoms with Crippen molar-refractivity contribution in [3.63, 3.8) is 0 Å². The molecular formula is C54H68ClN9O12S. The number of nitrogens with zero attached hydrogens (tertiary/aromatic N) is 4. The lowest BCUT2D eigenvalue weighted by atomic mass is 9.97. The number of amides is 4. The third-order valence-corrected chi connectivity index (χ3v) is 12.7. The average Bonchev–Trinajstić information content (AvgIpc) is 3.84. The summed E-state index contributed by atoms with van der Waals surface area (Å²) in [6, 6.07) is 12.7. The van der Waals surface area contributed by atoms with E-state index in [2.05, 4.69) is 43.4 Å². The Bertz CT molecular complexity index is 2800. The van der Waals surface area contributed by atoms with Crippen LogP contribution in [0.25, 0.3) is 22.6 Å². The van der Waals surface area contributed by atoms with Gasteiger partial charge in [-0.2, -0.15) is 10.5 Å². The molecule has 2 heterocycles. The predicted octanol–water partition coefficient (Wildman–Crippen LogP) is 8.40. The molecule has 0 saturated heterocycles. The summed E-state index contributed by atoms with van der Waals surface area (Å²) in [6.07, 6.45) is -0.482. The molecule has 23 heteroatoms. The summed E-state index contributed by atoms with van der Waals surface area (Å²) in [5, 5.41) is 31.7. The van der Waals surface area contributed by atoms with Gasteiger partial charge in [-0.15, -0.1) is 0 Å². The second-order valence-corrected chi connectivity index (χ2v) is 21.5. The van der Waals surface area contributed by atoms with Crippen LogP contribution in [0.5, 0.6) is 5.75 Å². The average molecular weight is 1100 g/mol. The van der Waals surface area contributed by atoms with E-state index in [-0.39, 0.29) is 50.9 Å². The summed E-state index contributed by atoms with van der Waals surface area (Å²) in [4.78, 5) is 88.4. The summed E-state index contributed by atoms with van der Waals surface area (Å²) in [5.74, 6) is -3.23. The number of ether oxygens (including phenoxy) is 5. The predicted molar refractivity (Wildman–Crippen MR) is 287 cm³/mol. The van der Waals surface area contributed by atoms with E-state index < -0.39 is 90.6 Å². The third-order valence-electron chi connectivity index (χ3n) is 11.4. The van der Waals surface area contributed by atoms with Crippen LogP contribution in [0.1, 0.15) is 113 Å². The number of esters is 2. The van der Waals surface area contributed by atoms with E-state index in [1.54, 1.807) is 91.8 Å². The minimum atomic E-state index is -1.32. The molecule has 7 atom stereocenters. The summed E-state index contributed by atoms with van der Waals surface area (Å²) >= 11 is 7.20. The fourth-order valence-corrected chi connectivity index (χ4v) is 8.02. The first-order valence-corrected chi connectivity index (χ1v) is 26.2. The maximum Gasteiger partial charge on any atom is 0.408 e. The number of hydrogen-bond donors (Lipinski definition) is 5. The van der Waals surface area contributed by atoms with E-state index in [9.17, 15) is 39.3 Å². The Morgan fingerprint density at radius 3 is 1.71 bits per heavy atom. The Kier molecular flexibility index (Phi) is 22.5. The minimum absolute atomic E-state index is 0.0303. The first-order valence-electron chi connectivity index (χ1n) is 24.8. The lowest BCUT2D eigenvalue weighted by molar-refractivity contribution is -0.163. The number of rotatable bonds is 23. The molecule has 4 rings (SSSR count). The first kappa shape index (κ1) is 62.0. The number of nitrogen functional groups attached to an aromatic ring is 1. The van der Waals surface area contributed by atoms with Crippen molar-refractivity contribution in [3.8, 4) is 40.5 Å². The molecule has 0 bridgehead atoms. The largest absolute Gasteiger partial charge is 0.490 e. The number of nitrogens with one attached hydrogen (secondary N) is 4. The van der Waals surface area contributed by atoms with Gasteiger partial charge in [-0.1, -0.05) is 76.0 Å². The van der Waals surface area contributed by atoms with Gasteiger partial charge in [0.25, 0.3) is 0 Å². The Morgan fingerprint density at radius 2 is 1.22 bits per heavy atom. The maximum atomic E-state index is 13.7. The van der Waals surface area contributed by atoms with Crippen LogP contribution in [0, 0.1) is 34.5 Å². The second-order valence-electron chi connectivity index (χ2n) is 20.1. The third kappa shape index (κ3) is 18.9. The lowest BCUT2D eigenvalue weighted by Crippen LogP contribution is -2.55. The number of benzene rings is 2. The number of hydrogen-bond acceptors (Lipinski definition) is 18. The summed E-state index contributed by atoms with van der Waals surface area (Å²) in [5.41, 5.74) is 6.58. The SMILES string of the molecule is CCC(C)C(NC(=O)OC(C)(C)C)C(=O)NC(C)C(=O)OCC(COc1ccc(-c2c(C#N)c(N)nc(SCc3coc(-c4ccc(Cl)cc4)n3)c2C#N)cc1)OC(=O)C(C)NC(=O)C(NC(=O)OC(C)(C)C)C(C)CC.